The van der Waals surface area contributed by atoms with E-state index in [2.05, 4.69) is 107 Å². The monoisotopic (exact) mass is 1210 g/mol. The van der Waals surface area contributed by atoms with Crippen molar-refractivity contribution in [1.82, 2.24) is 0 Å². The number of unbranched alkanes of at least 4 members (excludes halogenated alkanes) is 4. The minimum Gasteiger partial charge on any atom is -0.298 e. The lowest BCUT2D eigenvalue weighted by Crippen LogP contribution is -2.21. The molecule has 9 rings (SSSR count). The Bertz CT molecular complexity index is 3320. The zero-order valence-electron chi connectivity index (χ0n) is 50.7. The highest BCUT2D eigenvalue weighted by molar-refractivity contribution is 7.28. The van der Waals surface area contributed by atoms with Crippen molar-refractivity contribution in [3.8, 4) is 19.5 Å². The lowest BCUT2D eigenvalue weighted by Gasteiger charge is -2.18. The van der Waals surface area contributed by atoms with Gasteiger partial charge >= 0.3 is 0 Å². The molecule has 10 heteroatoms. The molecule has 2 aromatic carbocycles. The van der Waals surface area contributed by atoms with E-state index in [-0.39, 0.29) is 22.6 Å². The maximum atomic E-state index is 17.2. The number of hydrogen-bond donors (Lipinski definition) is 2. The molecule has 2 nitrogen and oxygen atoms in total. The third-order valence-corrected chi connectivity index (χ3v) is 25.3. The van der Waals surface area contributed by atoms with Crippen LogP contribution in [-0.4, -0.2) is 11.4 Å². The minimum absolute atomic E-state index is 0.127. The summed E-state index contributed by atoms with van der Waals surface area (Å²) in [7, 11) is 0. The summed E-state index contributed by atoms with van der Waals surface area (Å²) in [5, 5.41) is 24.3. The van der Waals surface area contributed by atoms with Crippen LogP contribution in [0.5, 0.6) is 0 Å². The molecule has 0 aliphatic heterocycles. The second-order valence-corrected chi connectivity index (χ2v) is 30.7. The highest BCUT2D eigenvalue weighted by Gasteiger charge is 2.35. The zero-order chi connectivity index (χ0) is 58.5. The summed E-state index contributed by atoms with van der Waals surface area (Å²) in [6, 6.07) is 13.3. The molecule has 0 bridgehead atoms. The third kappa shape index (κ3) is 13.1. The Morgan fingerprint density at radius 1 is 0.415 bits per heavy atom. The summed E-state index contributed by atoms with van der Waals surface area (Å²) in [6.07, 6.45) is 27.3. The van der Waals surface area contributed by atoms with Crippen LogP contribution in [0.15, 0.2) is 61.2 Å². The summed E-state index contributed by atoms with van der Waals surface area (Å²) in [5.74, 6) is 0.400. The van der Waals surface area contributed by atoms with Crippen LogP contribution in [0.3, 0.4) is 0 Å². The number of allylic oxidation sites excluding steroid dienone is 4. The summed E-state index contributed by atoms with van der Waals surface area (Å²) >= 11 is 10.3. The Morgan fingerprint density at radius 3 is 1.00 bits per heavy atom. The van der Waals surface area contributed by atoms with Crippen LogP contribution in [0, 0.1) is 48.3 Å². The van der Waals surface area contributed by atoms with Gasteiger partial charge in [0.05, 0.1) is 22.6 Å². The van der Waals surface area contributed by atoms with Crippen molar-refractivity contribution in [2.75, 3.05) is 0 Å². The lowest BCUT2D eigenvalue weighted by molar-refractivity contribution is 0.472. The van der Waals surface area contributed by atoms with Gasteiger partial charge in [0.1, 0.15) is 0 Å². The van der Waals surface area contributed by atoms with Crippen molar-refractivity contribution >= 4 is 143 Å². The van der Waals surface area contributed by atoms with Crippen molar-refractivity contribution in [2.24, 2.45) is 23.7 Å². The molecular formula is C72H88F2N2S6. The largest absolute Gasteiger partial charge is 0.298 e. The van der Waals surface area contributed by atoms with Crippen LogP contribution in [-0.2, 0) is 25.7 Å². The summed E-state index contributed by atoms with van der Waals surface area (Å²) < 4.78 is 39.8. The molecule has 0 fully saturated rings. The van der Waals surface area contributed by atoms with Crippen LogP contribution in [0.2, 0.25) is 0 Å². The lowest BCUT2D eigenvalue weighted by atomic mass is 9.90. The molecule has 0 radical (unpaired) electrons. The Labute approximate surface area is 513 Å². The predicted octanol–water partition coefficient (Wildman–Crippen LogP) is 26.1. The highest BCUT2D eigenvalue weighted by Crippen LogP contribution is 2.52. The number of benzene rings is 2. The molecule has 8 aromatic rings. The first-order valence-electron chi connectivity index (χ1n) is 31.0. The number of hydrogen-bond acceptors (Lipinski definition) is 8. The van der Waals surface area contributed by atoms with Crippen LogP contribution in [0.25, 0.3) is 83.2 Å². The van der Waals surface area contributed by atoms with Crippen LogP contribution in [0.1, 0.15) is 211 Å². The van der Waals surface area contributed by atoms with Gasteiger partial charge in [0.2, 0.25) is 0 Å². The Kier molecular flexibility index (Phi) is 21.2. The standard InChI is InChI=1S/C72H88F2N2S6/c1-13-19-23-41(7)27-31-49-53-37-47(17-5)77-69(53)51(33-29-43(9)25-21-15-3)55-39-59(81-71(49)55)67-45(11)35-57(79-67)61-63(73)64(74)62(66(76)65(61)75)58-36-46(12)68(80-58)60-40-56-52(34-30-44(10)26-22-16-4)70-54(38-48(18-6)78-70)50(72(56)82-60)32-28-42(8)24-20-14-2/h17-18,35-44,75-76H,5-6,13-16,19-34H2,1-4,7-12H3. The van der Waals surface area contributed by atoms with Crippen LogP contribution >= 0.6 is 68.0 Å². The van der Waals surface area contributed by atoms with Gasteiger partial charge in [-0.1, -0.05) is 158 Å². The first-order chi connectivity index (χ1) is 39.5. The van der Waals surface area contributed by atoms with E-state index in [1.54, 1.807) is 0 Å². The third-order valence-electron chi connectivity index (χ3n) is 17.7. The fourth-order valence-corrected chi connectivity index (χ4v) is 20.1. The fraction of sp³-hybridized carbons (Fsp3) is 0.472. The van der Waals surface area contributed by atoms with Gasteiger partial charge in [-0.25, -0.2) is 8.78 Å². The molecule has 1 aliphatic rings. The van der Waals surface area contributed by atoms with E-state index in [1.807, 2.05) is 69.6 Å². The van der Waals surface area contributed by atoms with Gasteiger partial charge in [-0.2, -0.15) is 0 Å². The maximum Gasteiger partial charge on any atom is 0.170 e. The molecule has 82 heavy (non-hydrogen) atoms. The molecule has 4 unspecified atom stereocenters. The van der Waals surface area contributed by atoms with Gasteiger partial charge in [-0.05, 0) is 180 Å². The average molecular weight is 1210 g/mol. The minimum atomic E-state index is -1.05. The number of fused-ring (bicyclic) bond motifs is 4. The van der Waals surface area contributed by atoms with Gasteiger partial charge < -0.3 is 0 Å². The Hall–Kier alpha value is -4.16. The van der Waals surface area contributed by atoms with Crippen molar-refractivity contribution in [2.45, 2.75) is 198 Å². The highest BCUT2D eigenvalue weighted by atomic mass is 32.1. The molecule has 6 aromatic heterocycles. The van der Waals surface area contributed by atoms with Crippen molar-refractivity contribution in [3.63, 3.8) is 0 Å². The molecule has 0 saturated heterocycles. The predicted molar refractivity (Wildman–Crippen MR) is 370 cm³/mol. The molecule has 2 N–H and O–H groups in total. The van der Waals surface area contributed by atoms with Crippen molar-refractivity contribution in [1.29, 1.82) is 10.8 Å². The smallest absolute Gasteiger partial charge is 0.170 e. The zero-order valence-corrected chi connectivity index (χ0v) is 55.6. The summed E-state index contributed by atoms with van der Waals surface area (Å²) in [6.45, 7) is 31.2. The summed E-state index contributed by atoms with van der Waals surface area (Å²) in [5.41, 5.74) is 6.80. The molecule has 1 aliphatic carbocycles. The fourth-order valence-electron chi connectivity index (χ4n) is 12.5. The Balaban J connectivity index is 1.10. The second kappa shape index (κ2) is 27.9. The van der Waals surface area contributed by atoms with E-state index in [0.717, 1.165) is 82.0 Å². The number of nitrogens with one attached hydrogen (secondary N) is 2. The molecule has 436 valence electrons. The number of halogens is 2. The molecule has 0 spiro atoms. The molecule has 4 atom stereocenters. The second-order valence-electron chi connectivity index (χ2n) is 24.3. The van der Waals surface area contributed by atoms with E-state index < -0.39 is 11.7 Å². The SMILES string of the molecule is C=Cc1cc2c(CCC(C)CCCC)c3sc(-c4sc(C5=C(F)C(F)=C(c6cc(C)c(-c7cc8c(CCC(C)CCCC)c9sc(C=C)cc9c(CCC(C)CCCC)c8s7)s6)C(=N)C5=N)cc4C)cc3c(CCC(C)CCCC)c2s1. The molecule has 0 saturated carbocycles. The average Bonchev–Trinajstić information content (AvgIpc) is 4.11. The normalized spacial score (nSPS) is 14.9. The Morgan fingerprint density at radius 2 is 0.707 bits per heavy atom. The van der Waals surface area contributed by atoms with Gasteiger partial charge in [-0.3, -0.25) is 10.8 Å². The van der Waals surface area contributed by atoms with Gasteiger partial charge in [0.15, 0.2) is 11.7 Å². The first-order valence-corrected chi connectivity index (χ1v) is 35.9. The molecule has 0 amide bonds. The van der Waals surface area contributed by atoms with E-state index in [4.69, 9.17) is 0 Å². The van der Waals surface area contributed by atoms with Crippen LogP contribution < -0.4 is 0 Å². The molecular weight excluding hydrogens is 1120 g/mol. The molecule has 6 heterocycles. The van der Waals surface area contributed by atoms with Gasteiger partial charge in [0.25, 0.3) is 0 Å². The van der Waals surface area contributed by atoms with Crippen molar-refractivity contribution < 1.29 is 8.78 Å². The summed E-state index contributed by atoms with van der Waals surface area (Å²) in [4.78, 5) is 7.64. The van der Waals surface area contributed by atoms with Crippen LogP contribution in [0.4, 0.5) is 8.78 Å². The first kappa shape index (κ1) is 62.4. The van der Waals surface area contributed by atoms with Gasteiger partial charge in [0, 0.05) is 57.8 Å². The van der Waals surface area contributed by atoms with E-state index in [0.29, 0.717) is 33.4 Å². The van der Waals surface area contributed by atoms with Crippen molar-refractivity contribution in [3.05, 3.63) is 114 Å². The number of aryl methyl sites for hydroxylation is 6. The number of rotatable bonds is 30. The number of thiophene rings is 6. The van der Waals surface area contributed by atoms with Gasteiger partial charge in [-0.15, -0.1) is 68.0 Å². The van der Waals surface area contributed by atoms with E-state index >= 15 is 8.78 Å². The maximum absolute atomic E-state index is 17.2. The quantitative estimate of drug-likeness (QED) is 0.0422. The van der Waals surface area contributed by atoms with E-state index in [1.165, 1.54) is 172 Å². The van der Waals surface area contributed by atoms with E-state index in [9.17, 15) is 10.8 Å². The topological polar surface area (TPSA) is 47.7 Å².